The van der Waals surface area contributed by atoms with Gasteiger partial charge in [0.1, 0.15) is 18.3 Å². The Labute approximate surface area is 145 Å². The topological polar surface area (TPSA) is 35.5 Å². The van der Waals surface area contributed by atoms with Crippen LogP contribution in [0.25, 0.3) is 12.2 Å². The van der Waals surface area contributed by atoms with Gasteiger partial charge in [-0.3, -0.25) is 0 Å². The molecule has 3 heteroatoms. The van der Waals surface area contributed by atoms with E-state index >= 15 is 0 Å². The van der Waals surface area contributed by atoms with E-state index in [0.29, 0.717) is 0 Å². The molecule has 0 aliphatic heterocycles. The van der Waals surface area contributed by atoms with Crippen molar-refractivity contribution in [2.24, 2.45) is 0 Å². The van der Waals surface area contributed by atoms with Crippen molar-refractivity contribution in [3.8, 4) is 11.5 Å². The predicted octanol–water partition coefficient (Wildman–Crippen LogP) is 5.27. The molecule has 0 saturated heterocycles. The van der Waals surface area contributed by atoms with Crippen molar-refractivity contribution in [3.63, 3.8) is 0 Å². The van der Waals surface area contributed by atoms with Gasteiger partial charge in [0.2, 0.25) is 0 Å². The Hall–Kier alpha value is -2.81. The molecule has 0 spiro atoms. The van der Waals surface area contributed by atoms with Gasteiger partial charge < -0.3 is 14.3 Å². The molecule has 2 aromatic carbocycles. The quantitative estimate of drug-likeness (QED) is 0.767. The van der Waals surface area contributed by atoms with E-state index in [9.17, 15) is 0 Å². The second-order valence-corrected chi connectivity index (χ2v) is 4.55. The lowest BCUT2D eigenvalue weighted by Gasteiger charge is -1.98. The van der Waals surface area contributed by atoms with E-state index in [1.54, 1.807) is 14.2 Å². The van der Waals surface area contributed by atoms with Crippen LogP contribution in [0, 0.1) is 0 Å². The lowest BCUT2D eigenvalue weighted by Crippen LogP contribution is -1.80. The first-order chi connectivity index (χ1) is 11.7. The third-order valence-electron chi connectivity index (χ3n) is 2.95. The Kier molecular flexibility index (Phi) is 12.2. The Morgan fingerprint density at radius 1 is 0.667 bits per heavy atom. The average molecular weight is 326 g/mol. The minimum atomic E-state index is 0.901. The number of hydrogen-bond acceptors (Lipinski definition) is 3. The third-order valence-corrected chi connectivity index (χ3v) is 2.95. The molecule has 24 heavy (non-hydrogen) atoms. The lowest BCUT2D eigenvalue weighted by molar-refractivity contribution is -0.0979. The molecule has 2 aromatic rings. The molecule has 0 atom stereocenters. The van der Waals surface area contributed by atoms with Crippen molar-refractivity contribution in [2.75, 3.05) is 14.2 Å². The summed E-state index contributed by atoms with van der Waals surface area (Å²) in [6.45, 7) is 6.01. The van der Waals surface area contributed by atoms with Gasteiger partial charge >= 0.3 is 0 Å². The second-order valence-electron chi connectivity index (χ2n) is 4.55. The SMILES string of the molecule is C/C=C/c1ccc(OC)cc1.C/C=C/c1ccc(OC)cc1.C=O. The van der Waals surface area contributed by atoms with E-state index in [1.807, 2.05) is 81.3 Å². The Bertz CT molecular complexity index is 540. The van der Waals surface area contributed by atoms with Crippen LogP contribution in [0.2, 0.25) is 0 Å². The molecule has 0 heterocycles. The van der Waals surface area contributed by atoms with Crippen molar-refractivity contribution in [1.29, 1.82) is 0 Å². The van der Waals surface area contributed by atoms with Crippen LogP contribution in [0.15, 0.2) is 60.7 Å². The number of rotatable bonds is 4. The van der Waals surface area contributed by atoms with E-state index in [1.165, 1.54) is 11.1 Å². The van der Waals surface area contributed by atoms with Gasteiger partial charge in [-0.1, -0.05) is 48.6 Å². The first-order valence-electron chi connectivity index (χ1n) is 7.55. The van der Waals surface area contributed by atoms with Gasteiger partial charge in [-0.2, -0.15) is 0 Å². The molecule has 2 rings (SSSR count). The Morgan fingerprint density at radius 3 is 1.17 bits per heavy atom. The van der Waals surface area contributed by atoms with Gasteiger partial charge in [-0.05, 0) is 49.2 Å². The highest BCUT2D eigenvalue weighted by molar-refractivity contribution is 5.50. The smallest absolute Gasteiger partial charge is 0.118 e. The third kappa shape index (κ3) is 8.59. The van der Waals surface area contributed by atoms with E-state index in [0.717, 1.165) is 11.5 Å². The monoisotopic (exact) mass is 326 g/mol. The molecule has 0 N–H and O–H groups in total. The van der Waals surface area contributed by atoms with Crippen LogP contribution in [0.5, 0.6) is 11.5 Å². The van der Waals surface area contributed by atoms with E-state index in [4.69, 9.17) is 14.3 Å². The van der Waals surface area contributed by atoms with E-state index < -0.39 is 0 Å². The molecule has 0 saturated carbocycles. The van der Waals surface area contributed by atoms with Crippen LogP contribution in [-0.4, -0.2) is 21.0 Å². The number of carbonyl (C=O) groups is 1. The zero-order valence-corrected chi connectivity index (χ0v) is 14.9. The number of benzene rings is 2. The first-order valence-corrected chi connectivity index (χ1v) is 7.55. The maximum Gasteiger partial charge on any atom is 0.118 e. The average Bonchev–Trinajstić information content (AvgIpc) is 2.66. The van der Waals surface area contributed by atoms with Crippen molar-refractivity contribution in [3.05, 3.63) is 71.8 Å². The number of ether oxygens (including phenoxy) is 2. The highest BCUT2D eigenvalue weighted by Crippen LogP contribution is 2.12. The highest BCUT2D eigenvalue weighted by atomic mass is 16.5. The Balaban J connectivity index is 0.000000400. The molecule has 0 bridgehead atoms. The van der Waals surface area contributed by atoms with Gasteiger partial charge in [0.05, 0.1) is 14.2 Å². The summed E-state index contributed by atoms with van der Waals surface area (Å²) >= 11 is 0. The van der Waals surface area contributed by atoms with Gasteiger partial charge in [-0.25, -0.2) is 0 Å². The van der Waals surface area contributed by atoms with Crippen LogP contribution in [0.3, 0.4) is 0 Å². The summed E-state index contributed by atoms with van der Waals surface area (Å²) in [7, 11) is 3.34. The molecule has 0 aromatic heterocycles. The molecule has 128 valence electrons. The van der Waals surface area contributed by atoms with Crippen molar-refractivity contribution < 1.29 is 14.3 Å². The summed E-state index contributed by atoms with van der Waals surface area (Å²) < 4.78 is 10.0. The summed E-state index contributed by atoms with van der Waals surface area (Å²) in [4.78, 5) is 8.00. The standard InChI is InChI=1S/2C10H12O.CH2O/c2*1-3-4-9-5-7-10(11-2)8-6-9;1-2/h2*3-8H,1-2H3;1H2/b2*4-3+;. The molecule has 0 unspecified atom stereocenters. The molecular formula is C21H26O3. The van der Waals surface area contributed by atoms with E-state index in [-0.39, 0.29) is 0 Å². The number of hydrogen-bond donors (Lipinski definition) is 0. The molecule has 3 nitrogen and oxygen atoms in total. The Morgan fingerprint density at radius 2 is 0.958 bits per heavy atom. The minimum absolute atomic E-state index is 0.901. The summed E-state index contributed by atoms with van der Waals surface area (Å²) in [5.41, 5.74) is 2.40. The predicted molar refractivity (Wildman–Crippen MR) is 103 cm³/mol. The van der Waals surface area contributed by atoms with Gasteiger partial charge in [0.15, 0.2) is 0 Å². The minimum Gasteiger partial charge on any atom is -0.497 e. The lowest BCUT2D eigenvalue weighted by atomic mass is 10.2. The fourth-order valence-corrected chi connectivity index (χ4v) is 1.81. The molecule has 0 aliphatic carbocycles. The van der Waals surface area contributed by atoms with Crippen LogP contribution in [-0.2, 0) is 4.79 Å². The van der Waals surface area contributed by atoms with Gasteiger partial charge in [0.25, 0.3) is 0 Å². The summed E-state index contributed by atoms with van der Waals surface area (Å²) in [6, 6.07) is 15.9. The van der Waals surface area contributed by atoms with Crippen molar-refractivity contribution >= 4 is 18.9 Å². The number of methoxy groups -OCH3 is 2. The number of carbonyl (C=O) groups excluding carboxylic acids is 1. The maximum atomic E-state index is 8.00. The molecule has 0 fully saturated rings. The van der Waals surface area contributed by atoms with Crippen LogP contribution >= 0.6 is 0 Å². The summed E-state index contributed by atoms with van der Waals surface area (Å²) in [5.74, 6) is 1.80. The zero-order chi connectivity index (χ0) is 18.2. The normalized spacial score (nSPS) is 9.67. The van der Waals surface area contributed by atoms with Gasteiger partial charge in [-0.15, -0.1) is 0 Å². The molecule has 0 radical (unpaired) electrons. The zero-order valence-electron chi connectivity index (χ0n) is 14.9. The highest BCUT2D eigenvalue weighted by Gasteiger charge is 1.88. The molecule has 0 amide bonds. The first kappa shape index (κ1) is 21.2. The maximum absolute atomic E-state index is 8.00. The van der Waals surface area contributed by atoms with Crippen LogP contribution in [0.4, 0.5) is 0 Å². The molecule has 0 aliphatic rings. The summed E-state index contributed by atoms with van der Waals surface area (Å²) in [5, 5.41) is 0. The fraction of sp³-hybridized carbons (Fsp3) is 0.190. The second kappa shape index (κ2) is 13.8. The largest absolute Gasteiger partial charge is 0.497 e. The number of allylic oxidation sites excluding steroid dienone is 2. The van der Waals surface area contributed by atoms with E-state index in [2.05, 4.69) is 12.2 Å². The fourth-order valence-electron chi connectivity index (χ4n) is 1.81. The summed E-state index contributed by atoms with van der Waals surface area (Å²) in [6.07, 6.45) is 8.14. The van der Waals surface area contributed by atoms with Crippen LogP contribution in [0.1, 0.15) is 25.0 Å². The van der Waals surface area contributed by atoms with Crippen molar-refractivity contribution in [2.45, 2.75) is 13.8 Å². The van der Waals surface area contributed by atoms with Gasteiger partial charge in [0, 0.05) is 0 Å². The molecular weight excluding hydrogens is 300 g/mol. The van der Waals surface area contributed by atoms with Crippen LogP contribution < -0.4 is 9.47 Å². The van der Waals surface area contributed by atoms with Crippen molar-refractivity contribution in [1.82, 2.24) is 0 Å².